The maximum absolute atomic E-state index is 11.0. The molecule has 2 N–H and O–H groups in total. The number of nitrogens with two attached hydrogens (primary N) is 1. The molecule has 1 aliphatic heterocycles. The Hall–Kier alpha value is -2.08. The number of carbonyl (C=O) groups is 1. The summed E-state index contributed by atoms with van der Waals surface area (Å²) in [6.07, 6.45) is 1.12. The van der Waals surface area contributed by atoms with Gasteiger partial charge in [0, 0.05) is 5.38 Å². The zero-order valence-electron chi connectivity index (χ0n) is 11.8. The Morgan fingerprint density at radius 1 is 1.48 bits per heavy atom. The van der Waals surface area contributed by atoms with Crippen molar-refractivity contribution >= 4 is 22.4 Å². The number of carbonyl (C=O) groups excluding carboxylic acids is 1. The van der Waals surface area contributed by atoms with Crippen LogP contribution in [-0.2, 0) is 6.42 Å². The van der Waals surface area contributed by atoms with Crippen molar-refractivity contribution < 1.29 is 9.53 Å². The minimum absolute atomic E-state index is 0.165. The highest BCUT2D eigenvalue weighted by atomic mass is 32.1. The molecule has 0 radical (unpaired) electrons. The lowest BCUT2D eigenvalue weighted by atomic mass is 10.1. The second kappa shape index (κ2) is 5.73. The summed E-state index contributed by atoms with van der Waals surface area (Å²) in [7, 11) is 0. The van der Waals surface area contributed by atoms with Crippen LogP contribution in [0.4, 0.5) is 5.13 Å². The van der Waals surface area contributed by atoms with Crippen molar-refractivity contribution in [2.45, 2.75) is 19.4 Å². The van der Waals surface area contributed by atoms with Gasteiger partial charge >= 0.3 is 0 Å². The third-order valence-electron chi connectivity index (χ3n) is 3.51. The second-order valence-electron chi connectivity index (χ2n) is 4.99. The van der Waals surface area contributed by atoms with Crippen LogP contribution in [0.3, 0.4) is 0 Å². The molecule has 21 heavy (non-hydrogen) atoms. The van der Waals surface area contributed by atoms with E-state index < -0.39 is 5.91 Å². The van der Waals surface area contributed by atoms with E-state index in [0.717, 1.165) is 30.4 Å². The molecule has 0 unspecified atom stereocenters. The van der Waals surface area contributed by atoms with E-state index in [1.807, 2.05) is 18.2 Å². The van der Waals surface area contributed by atoms with Gasteiger partial charge in [0.15, 0.2) is 5.13 Å². The molecular formula is C15H17N3O2S. The number of para-hydroxylation sites is 1. The zero-order chi connectivity index (χ0) is 14.8. The van der Waals surface area contributed by atoms with Crippen LogP contribution in [0, 0.1) is 0 Å². The van der Waals surface area contributed by atoms with Crippen molar-refractivity contribution in [3.8, 4) is 5.75 Å². The monoisotopic (exact) mass is 303 g/mol. The van der Waals surface area contributed by atoms with E-state index in [2.05, 4.69) is 22.9 Å². The van der Waals surface area contributed by atoms with E-state index in [0.29, 0.717) is 5.69 Å². The summed E-state index contributed by atoms with van der Waals surface area (Å²) in [6.45, 7) is 3.68. The van der Waals surface area contributed by atoms with Crippen LogP contribution >= 0.6 is 11.3 Å². The molecule has 0 bridgehead atoms. The predicted molar refractivity (Wildman–Crippen MR) is 83.1 cm³/mol. The molecule has 0 aliphatic carbocycles. The van der Waals surface area contributed by atoms with Gasteiger partial charge in [-0.15, -0.1) is 11.3 Å². The number of primary amides is 1. The summed E-state index contributed by atoms with van der Waals surface area (Å²) in [6, 6.07) is 8.12. The standard InChI is InChI=1S/C15H17N3O2S/c1-2-10-5-3-4-6-13(10)20-11-7-18(8-11)15-17-12(9-21-15)14(16)19/h3-6,9,11H,2,7-8H2,1H3,(H2,16,19). The number of rotatable bonds is 5. The molecule has 1 aromatic heterocycles. The minimum atomic E-state index is -0.484. The minimum Gasteiger partial charge on any atom is -0.486 e. The number of hydrogen-bond donors (Lipinski definition) is 1. The summed E-state index contributed by atoms with van der Waals surface area (Å²) in [5.74, 6) is 0.476. The molecule has 3 rings (SSSR count). The molecule has 0 spiro atoms. The lowest BCUT2D eigenvalue weighted by Crippen LogP contribution is -2.54. The molecule has 0 saturated carbocycles. The van der Waals surface area contributed by atoms with Crippen LogP contribution in [0.2, 0.25) is 0 Å². The largest absolute Gasteiger partial charge is 0.486 e. The van der Waals surface area contributed by atoms with Crippen molar-refractivity contribution in [1.29, 1.82) is 0 Å². The van der Waals surface area contributed by atoms with Crippen molar-refractivity contribution in [3.05, 3.63) is 40.9 Å². The lowest BCUT2D eigenvalue weighted by Gasteiger charge is -2.39. The van der Waals surface area contributed by atoms with Crippen LogP contribution < -0.4 is 15.4 Å². The molecule has 2 heterocycles. The zero-order valence-corrected chi connectivity index (χ0v) is 12.6. The average Bonchev–Trinajstić information content (AvgIpc) is 2.92. The molecule has 1 saturated heterocycles. The van der Waals surface area contributed by atoms with E-state index in [-0.39, 0.29) is 6.10 Å². The topological polar surface area (TPSA) is 68.4 Å². The predicted octanol–water partition coefficient (Wildman–Crippen LogP) is 2.07. The number of ether oxygens (including phenoxy) is 1. The number of nitrogens with zero attached hydrogens (tertiary/aromatic N) is 2. The van der Waals surface area contributed by atoms with E-state index in [9.17, 15) is 4.79 Å². The highest BCUT2D eigenvalue weighted by molar-refractivity contribution is 7.14. The molecule has 6 heteroatoms. The Labute approximate surface area is 127 Å². The summed E-state index contributed by atoms with van der Waals surface area (Å²) in [5.41, 5.74) is 6.76. The van der Waals surface area contributed by atoms with E-state index in [1.54, 1.807) is 5.38 Å². The van der Waals surface area contributed by atoms with Crippen LogP contribution in [0.1, 0.15) is 23.0 Å². The van der Waals surface area contributed by atoms with Gasteiger partial charge < -0.3 is 15.4 Å². The Kier molecular flexibility index (Phi) is 3.79. The maximum atomic E-state index is 11.0. The SMILES string of the molecule is CCc1ccccc1OC1CN(c2nc(C(N)=O)cs2)C1. The van der Waals surface area contributed by atoms with Gasteiger partial charge in [-0.1, -0.05) is 25.1 Å². The molecule has 1 aliphatic rings. The van der Waals surface area contributed by atoms with Crippen molar-refractivity contribution in [3.63, 3.8) is 0 Å². The fourth-order valence-corrected chi connectivity index (χ4v) is 3.12. The number of benzene rings is 1. The molecule has 2 aromatic rings. The van der Waals surface area contributed by atoms with Crippen molar-refractivity contribution in [2.75, 3.05) is 18.0 Å². The van der Waals surface area contributed by atoms with Crippen LogP contribution in [0.25, 0.3) is 0 Å². The van der Waals surface area contributed by atoms with E-state index in [4.69, 9.17) is 10.5 Å². The molecule has 110 valence electrons. The average molecular weight is 303 g/mol. The number of anilines is 1. The summed E-state index contributed by atoms with van der Waals surface area (Å²) >= 11 is 1.44. The quantitative estimate of drug-likeness (QED) is 0.918. The van der Waals surface area contributed by atoms with Gasteiger partial charge in [-0.05, 0) is 18.1 Å². The Morgan fingerprint density at radius 3 is 2.90 bits per heavy atom. The number of aryl methyl sites for hydroxylation is 1. The van der Waals surface area contributed by atoms with Gasteiger partial charge in [-0.25, -0.2) is 4.98 Å². The smallest absolute Gasteiger partial charge is 0.268 e. The normalized spacial score (nSPS) is 14.8. The van der Waals surface area contributed by atoms with Gasteiger partial charge in [0.25, 0.3) is 5.91 Å². The molecule has 1 amide bonds. The highest BCUT2D eigenvalue weighted by Gasteiger charge is 2.31. The van der Waals surface area contributed by atoms with E-state index in [1.165, 1.54) is 16.9 Å². The fourth-order valence-electron chi connectivity index (χ4n) is 2.28. The number of aromatic nitrogens is 1. The van der Waals surface area contributed by atoms with E-state index >= 15 is 0 Å². The third kappa shape index (κ3) is 2.85. The Bertz CT molecular complexity index is 650. The Morgan fingerprint density at radius 2 is 2.24 bits per heavy atom. The number of amides is 1. The first-order valence-electron chi connectivity index (χ1n) is 6.92. The summed E-state index contributed by atoms with van der Waals surface area (Å²) in [5, 5.41) is 2.52. The molecule has 5 nitrogen and oxygen atoms in total. The molecule has 1 fully saturated rings. The van der Waals surface area contributed by atoms with Crippen LogP contribution in [0.15, 0.2) is 29.6 Å². The Balaban J connectivity index is 1.59. The van der Waals surface area contributed by atoms with Gasteiger partial charge in [-0.2, -0.15) is 0 Å². The molecule has 0 atom stereocenters. The van der Waals surface area contributed by atoms with Crippen LogP contribution in [0.5, 0.6) is 5.75 Å². The van der Waals surface area contributed by atoms with Gasteiger partial charge in [0.1, 0.15) is 17.5 Å². The van der Waals surface area contributed by atoms with Crippen molar-refractivity contribution in [1.82, 2.24) is 4.98 Å². The first-order valence-corrected chi connectivity index (χ1v) is 7.80. The van der Waals surface area contributed by atoms with Crippen molar-refractivity contribution in [2.24, 2.45) is 5.73 Å². The number of hydrogen-bond acceptors (Lipinski definition) is 5. The maximum Gasteiger partial charge on any atom is 0.268 e. The molecule has 1 aromatic carbocycles. The number of thiazole rings is 1. The first-order chi connectivity index (χ1) is 10.2. The van der Waals surface area contributed by atoms with Gasteiger partial charge in [0.2, 0.25) is 0 Å². The highest BCUT2D eigenvalue weighted by Crippen LogP contribution is 2.28. The fraction of sp³-hybridized carbons (Fsp3) is 0.333. The summed E-state index contributed by atoms with van der Waals surface area (Å²) in [4.78, 5) is 17.4. The molecular weight excluding hydrogens is 286 g/mol. The lowest BCUT2D eigenvalue weighted by molar-refractivity contribution is 0.0996. The first kappa shape index (κ1) is 13.9. The van der Waals surface area contributed by atoms with Gasteiger partial charge in [-0.3, -0.25) is 4.79 Å². The van der Waals surface area contributed by atoms with Gasteiger partial charge in [0.05, 0.1) is 13.1 Å². The third-order valence-corrected chi connectivity index (χ3v) is 4.41. The van der Waals surface area contributed by atoms with Crippen LogP contribution in [-0.4, -0.2) is 30.1 Å². The second-order valence-corrected chi connectivity index (χ2v) is 5.82. The summed E-state index contributed by atoms with van der Waals surface area (Å²) < 4.78 is 6.02.